The van der Waals surface area contributed by atoms with Crippen LogP contribution in [0.15, 0.2) is 22.7 Å². The zero-order valence-corrected chi connectivity index (χ0v) is 10.3. The lowest BCUT2D eigenvalue weighted by Gasteiger charge is -2.08. The van der Waals surface area contributed by atoms with E-state index in [0.717, 1.165) is 15.7 Å². The van der Waals surface area contributed by atoms with Crippen LogP contribution in [0.2, 0.25) is 0 Å². The first-order chi connectivity index (χ1) is 6.15. The summed E-state index contributed by atoms with van der Waals surface area (Å²) in [4.78, 5) is 10.9. The number of nitrogens with one attached hydrogen (secondary N) is 1. The molecule has 1 rings (SSSR count). The van der Waals surface area contributed by atoms with Crippen molar-refractivity contribution in [2.75, 3.05) is 5.32 Å². The third-order valence-corrected chi connectivity index (χ3v) is 2.87. The van der Waals surface area contributed by atoms with E-state index in [1.54, 1.807) is 0 Å². The minimum absolute atomic E-state index is 0.0553. The molecular formula is C9H9Br2NO. The number of halogens is 2. The van der Waals surface area contributed by atoms with Gasteiger partial charge in [0.05, 0.1) is 0 Å². The third-order valence-electron chi connectivity index (χ3n) is 1.56. The first-order valence-electron chi connectivity index (χ1n) is 3.76. The minimum atomic E-state index is -0.0553. The van der Waals surface area contributed by atoms with E-state index in [1.165, 1.54) is 6.92 Å². The number of hydrogen-bond donors (Lipinski definition) is 1. The maximum absolute atomic E-state index is 10.9. The average Bonchev–Trinajstić information content (AvgIpc) is 2.03. The van der Waals surface area contributed by atoms with Crippen molar-refractivity contribution in [2.45, 2.75) is 12.3 Å². The van der Waals surface area contributed by atoms with Crippen molar-refractivity contribution in [2.24, 2.45) is 0 Å². The molecule has 0 unspecified atom stereocenters. The predicted octanol–water partition coefficient (Wildman–Crippen LogP) is 3.30. The Hall–Kier alpha value is -0.350. The molecule has 1 N–H and O–H groups in total. The molecule has 0 aliphatic carbocycles. The molecule has 0 saturated carbocycles. The number of hydrogen-bond acceptors (Lipinski definition) is 1. The molecule has 1 aromatic carbocycles. The smallest absolute Gasteiger partial charge is 0.221 e. The Morgan fingerprint density at radius 3 is 2.77 bits per heavy atom. The summed E-state index contributed by atoms with van der Waals surface area (Å²) in [6.07, 6.45) is 0. The van der Waals surface area contributed by atoms with Gasteiger partial charge in [-0.3, -0.25) is 4.79 Å². The van der Waals surface area contributed by atoms with E-state index >= 15 is 0 Å². The molecule has 0 spiro atoms. The topological polar surface area (TPSA) is 29.1 Å². The number of amides is 1. The summed E-state index contributed by atoms with van der Waals surface area (Å²) in [5.74, 6) is -0.0553. The summed E-state index contributed by atoms with van der Waals surface area (Å²) in [6.45, 7) is 1.50. The molecule has 0 aliphatic heterocycles. The van der Waals surface area contributed by atoms with Gasteiger partial charge in [0, 0.05) is 28.0 Å². The normalized spacial score (nSPS) is 9.77. The molecular weight excluding hydrogens is 298 g/mol. The van der Waals surface area contributed by atoms with Crippen LogP contribution in [0, 0.1) is 0 Å². The molecule has 70 valence electrons. The molecule has 0 fully saturated rings. The van der Waals surface area contributed by atoms with Gasteiger partial charge in [-0.25, -0.2) is 0 Å². The summed E-state index contributed by atoms with van der Waals surface area (Å²) in [5.41, 5.74) is 1.90. The van der Waals surface area contributed by atoms with Crippen LogP contribution >= 0.6 is 31.9 Å². The van der Waals surface area contributed by atoms with Crippen LogP contribution in [0.5, 0.6) is 0 Å². The highest BCUT2D eigenvalue weighted by Gasteiger charge is 2.05. The van der Waals surface area contributed by atoms with Crippen LogP contribution in [0.1, 0.15) is 12.5 Å². The van der Waals surface area contributed by atoms with E-state index in [2.05, 4.69) is 37.2 Å². The fraction of sp³-hybridized carbons (Fsp3) is 0.222. The van der Waals surface area contributed by atoms with Gasteiger partial charge in [-0.05, 0) is 12.1 Å². The van der Waals surface area contributed by atoms with Crippen molar-refractivity contribution in [3.63, 3.8) is 0 Å². The molecule has 1 aromatic rings. The second-order valence-corrected chi connectivity index (χ2v) is 4.00. The quantitative estimate of drug-likeness (QED) is 0.835. The van der Waals surface area contributed by atoms with E-state index in [1.807, 2.05) is 18.2 Å². The number of anilines is 1. The maximum Gasteiger partial charge on any atom is 0.221 e. The second-order valence-electron chi connectivity index (χ2n) is 2.58. The molecule has 0 aromatic heterocycles. The molecule has 0 bridgehead atoms. The lowest BCUT2D eigenvalue weighted by Crippen LogP contribution is -2.07. The number of benzene rings is 1. The lowest BCUT2D eigenvalue weighted by molar-refractivity contribution is -0.114. The van der Waals surface area contributed by atoms with Crippen LogP contribution < -0.4 is 5.32 Å². The van der Waals surface area contributed by atoms with E-state index in [4.69, 9.17) is 0 Å². The first-order valence-corrected chi connectivity index (χ1v) is 5.67. The fourth-order valence-corrected chi connectivity index (χ4v) is 2.49. The standard InChI is InChI=1S/C9H9Br2NO/c1-6(13)12-9-4-2-3-8(11)7(9)5-10/h2-4H,5H2,1H3,(H,12,13). The van der Waals surface area contributed by atoms with E-state index < -0.39 is 0 Å². The van der Waals surface area contributed by atoms with Crippen molar-refractivity contribution < 1.29 is 4.79 Å². The van der Waals surface area contributed by atoms with Crippen molar-refractivity contribution in [1.82, 2.24) is 0 Å². The van der Waals surface area contributed by atoms with Gasteiger partial charge in [0.25, 0.3) is 0 Å². The van der Waals surface area contributed by atoms with Gasteiger partial charge in [-0.2, -0.15) is 0 Å². The molecule has 2 nitrogen and oxygen atoms in total. The Bertz CT molecular complexity index is 325. The van der Waals surface area contributed by atoms with Crippen molar-refractivity contribution in [3.05, 3.63) is 28.2 Å². The summed E-state index contributed by atoms with van der Waals surface area (Å²) >= 11 is 6.78. The first kappa shape index (κ1) is 10.7. The number of rotatable bonds is 2. The van der Waals surface area contributed by atoms with Crippen molar-refractivity contribution in [1.29, 1.82) is 0 Å². The Morgan fingerprint density at radius 2 is 2.23 bits per heavy atom. The SMILES string of the molecule is CC(=O)Nc1cccc(Br)c1CBr. The summed E-state index contributed by atoms with van der Waals surface area (Å²) in [7, 11) is 0. The Labute approximate surface area is 94.0 Å². The molecule has 1 amide bonds. The zero-order valence-electron chi connectivity index (χ0n) is 7.10. The number of carbonyl (C=O) groups excluding carboxylic acids is 1. The highest BCUT2D eigenvalue weighted by molar-refractivity contribution is 9.10. The lowest BCUT2D eigenvalue weighted by atomic mass is 10.2. The van der Waals surface area contributed by atoms with Gasteiger partial charge in [-0.1, -0.05) is 37.9 Å². The molecule has 0 saturated heterocycles. The fourth-order valence-electron chi connectivity index (χ4n) is 1.00. The van der Waals surface area contributed by atoms with Crippen LogP contribution in [0.4, 0.5) is 5.69 Å². The Kier molecular flexibility index (Phi) is 3.93. The summed E-state index contributed by atoms with van der Waals surface area (Å²) in [5, 5.41) is 3.48. The van der Waals surface area contributed by atoms with Crippen LogP contribution in [0.25, 0.3) is 0 Å². The molecule has 13 heavy (non-hydrogen) atoms. The summed E-state index contributed by atoms with van der Waals surface area (Å²) < 4.78 is 0.996. The Morgan fingerprint density at radius 1 is 1.54 bits per heavy atom. The van der Waals surface area contributed by atoms with Gasteiger partial charge in [-0.15, -0.1) is 0 Å². The monoisotopic (exact) mass is 305 g/mol. The van der Waals surface area contributed by atoms with Gasteiger partial charge in [0.1, 0.15) is 0 Å². The minimum Gasteiger partial charge on any atom is -0.326 e. The maximum atomic E-state index is 10.9. The summed E-state index contributed by atoms with van der Waals surface area (Å²) in [6, 6.07) is 5.71. The van der Waals surface area contributed by atoms with Crippen LogP contribution in [-0.2, 0) is 10.1 Å². The molecule has 0 radical (unpaired) electrons. The van der Waals surface area contributed by atoms with Gasteiger partial charge < -0.3 is 5.32 Å². The molecule has 0 heterocycles. The van der Waals surface area contributed by atoms with E-state index in [0.29, 0.717) is 5.33 Å². The van der Waals surface area contributed by atoms with Gasteiger partial charge in [0.15, 0.2) is 0 Å². The van der Waals surface area contributed by atoms with Crippen molar-refractivity contribution >= 4 is 43.5 Å². The number of alkyl halides is 1. The molecule has 0 atom stereocenters. The predicted molar refractivity (Wildman–Crippen MR) is 61.1 cm³/mol. The highest BCUT2D eigenvalue weighted by Crippen LogP contribution is 2.26. The van der Waals surface area contributed by atoms with E-state index in [-0.39, 0.29) is 5.91 Å². The largest absolute Gasteiger partial charge is 0.326 e. The van der Waals surface area contributed by atoms with Crippen molar-refractivity contribution in [3.8, 4) is 0 Å². The van der Waals surface area contributed by atoms with Crippen LogP contribution in [0.3, 0.4) is 0 Å². The zero-order chi connectivity index (χ0) is 9.84. The van der Waals surface area contributed by atoms with Crippen LogP contribution in [-0.4, -0.2) is 5.91 Å². The van der Waals surface area contributed by atoms with E-state index in [9.17, 15) is 4.79 Å². The molecule has 4 heteroatoms. The Balaban J connectivity index is 3.05. The number of carbonyl (C=O) groups is 1. The third kappa shape index (κ3) is 2.81. The second kappa shape index (κ2) is 4.77. The highest BCUT2D eigenvalue weighted by atomic mass is 79.9. The van der Waals surface area contributed by atoms with Gasteiger partial charge in [0.2, 0.25) is 5.91 Å². The molecule has 0 aliphatic rings. The average molecular weight is 307 g/mol. The van der Waals surface area contributed by atoms with Gasteiger partial charge >= 0.3 is 0 Å².